The van der Waals surface area contributed by atoms with Crippen LogP contribution < -0.4 is 10.5 Å². The number of methoxy groups -OCH3 is 1. The summed E-state index contributed by atoms with van der Waals surface area (Å²) in [4.78, 5) is 0.303. The molecule has 28 heavy (non-hydrogen) atoms. The van der Waals surface area contributed by atoms with E-state index in [0.29, 0.717) is 10.7 Å². The summed E-state index contributed by atoms with van der Waals surface area (Å²) >= 11 is 0. The second-order valence-corrected chi connectivity index (χ2v) is 8.96. The Morgan fingerprint density at radius 1 is 1.04 bits per heavy atom. The van der Waals surface area contributed by atoms with E-state index in [0.717, 1.165) is 42.4 Å². The largest absolute Gasteiger partial charge is 0.500 e. The summed E-state index contributed by atoms with van der Waals surface area (Å²) in [5, 5.41) is 0. The third kappa shape index (κ3) is 4.82. The van der Waals surface area contributed by atoms with Crippen LogP contribution in [-0.2, 0) is 14.8 Å². The maximum absolute atomic E-state index is 12.6. The third-order valence-corrected chi connectivity index (χ3v) is 6.84. The van der Waals surface area contributed by atoms with Gasteiger partial charge in [-0.1, -0.05) is 62.2 Å². The second kappa shape index (κ2) is 8.90. The Morgan fingerprint density at radius 2 is 1.57 bits per heavy atom. The number of hydrogen-bond acceptors (Lipinski definition) is 4. The minimum atomic E-state index is -3.48. The number of rotatable bonds is 7. The average molecular weight is 401 g/mol. The van der Waals surface area contributed by atoms with Crippen LogP contribution in [0.15, 0.2) is 65.8 Å². The lowest BCUT2D eigenvalue weighted by molar-refractivity contribution is 0.267. The molecule has 1 aliphatic carbocycles. The lowest BCUT2D eigenvalue weighted by Crippen LogP contribution is -2.36. The van der Waals surface area contributed by atoms with Crippen LogP contribution in [0.3, 0.4) is 0 Å². The molecule has 150 valence electrons. The zero-order valence-electron chi connectivity index (χ0n) is 16.2. The molecule has 1 atom stereocenters. The molecule has 0 spiro atoms. The number of nitrogens with two attached hydrogens (primary N) is 1. The van der Waals surface area contributed by atoms with Crippen molar-refractivity contribution in [1.29, 1.82) is 0 Å². The quantitative estimate of drug-likeness (QED) is 0.685. The Morgan fingerprint density at radius 3 is 2.11 bits per heavy atom. The van der Waals surface area contributed by atoms with Gasteiger partial charge in [-0.2, -0.15) is 0 Å². The SMILES string of the molecule is C=C(OC)C(N)c1ccc(-c2ccc(S(=O)(=O)NC3CCCCC3)cc2)cc1. The van der Waals surface area contributed by atoms with Gasteiger partial charge in [0, 0.05) is 6.04 Å². The highest BCUT2D eigenvalue weighted by Gasteiger charge is 2.21. The van der Waals surface area contributed by atoms with Gasteiger partial charge in [-0.15, -0.1) is 0 Å². The second-order valence-electron chi connectivity index (χ2n) is 7.25. The highest BCUT2D eigenvalue weighted by molar-refractivity contribution is 7.89. The number of benzene rings is 2. The van der Waals surface area contributed by atoms with Gasteiger partial charge in [0.25, 0.3) is 0 Å². The van der Waals surface area contributed by atoms with Crippen molar-refractivity contribution in [2.75, 3.05) is 7.11 Å². The van der Waals surface area contributed by atoms with E-state index in [1.807, 2.05) is 36.4 Å². The zero-order chi connectivity index (χ0) is 20.1. The number of ether oxygens (including phenoxy) is 1. The molecule has 0 bridgehead atoms. The Balaban J connectivity index is 1.72. The fourth-order valence-corrected chi connectivity index (χ4v) is 4.84. The Hall–Kier alpha value is -2.15. The number of sulfonamides is 1. The molecule has 0 amide bonds. The van der Waals surface area contributed by atoms with Crippen molar-refractivity contribution in [3.8, 4) is 11.1 Å². The van der Waals surface area contributed by atoms with Crippen LogP contribution in [0.5, 0.6) is 0 Å². The van der Waals surface area contributed by atoms with E-state index >= 15 is 0 Å². The molecule has 0 radical (unpaired) electrons. The van der Waals surface area contributed by atoms with Crippen LogP contribution >= 0.6 is 0 Å². The summed E-state index contributed by atoms with van der Waals surface area (Å²) in [6, 6.07) is 14.4. The van der Waals surface area contributed by atoms with Crippen molar-refractivity contribution in [3.05, 3.63) is 66.4 Å². The van der Waals surface area contributed by atoms with Crippen molar-refractivity contribution >= 4 is 10.0 Å². The molecule has 3 N–H and O–H groups in total. The Bertz CT molecular complexity index is 900. The standard InChI is InChI=1S/C22H28N2O3S/c1-16(27-2)22(23)19-10-8-17(9-11-19)18-12-14-21(15-13-18)28(25,26)24-20-6-4-3-5-7-20/h8-15,20,22,24H,1,3-7,23H2,2H3. The summed E-state index contributed by atoms with van der Waals surface area (Å²) in [7, 11) is -1.93. The fraction of sp³-hybridized carbons (Fsp3) is 0.364. The van der Waals surface area contributed by atoms with E-state index < -0.39 is 10.0 Å². The van der Waals surface area contributed by atoms with Crippen LogP contribution in [0.1, 0.15) is 43.7 Å². The van der Waals surface area contributed by atoms with Crippen LogP contribution in [0.2, 0.25) is 0 Å². The topological polar surface area (TPSA) is 81.4 Å². The first kappa shape index (κ1) is 20.6. The summed E-state index contributed by atoms with van der Waals surface area (Å²) in [5.74, 6) is 0.507. The van der Waals surface area contributed by atoms with Gasteiger partial charge in [0.1, 0.15) is 5.76 Å². The van der Waals surface area contributed by atoms with Gasteiger partial charge in [0.05, 0.1) is 18.0 Å². The van der Waals surface area contributed by atoms with E-state index in [-0.39, 0.29) is 12.1 Å². The van der Waals surface area contributed by atoms with Gasteiger partial charge in [-0.3, -0.25) is 0 Å². The van der Waals surface area contributed by atoms with Gasteiger partial charge in [-0.25, -0.2) is 13.1 Å². The van der Waals surface area contributed by atoms with Crippen LogP contribution in [0.25, 0.3) is 11.1 Å². The smallest absolute Gasteiger partial charge is 0.240 e. The molecule has 6 heteroatoms. The minimum absolute atomic E-state index is 0.0528. The summed E-state index contributed by atoms with van der Waals surface area (Å²) in [6.07, 6.45) is 5.20. The predicted molar refractivity (Wildman–Crippen MR) is 112 cm³/mol. The van der Waals surface area contributed by atoms with Crippen molar-refractivity contribution in [3.63, 3.8) is 0 Å². The lowest BCUT2D eigenvalue weighted by Gasteiger charge is -2.22. The van der Waals surface area contributed by atoms with Crippen LogP contribution in [0, 0.1) is 0 Å². The highest BCUT2D eigenvalue weighted by Crippen LogP contribution is 2.26. The van der Waals surface area contributed by atoms with Crippen molar-refractivity contribution in [2.24, 2.45) is 5.73 Å². The molecule has 3 rings (SSSR count). The first-order valence-corrected chi connectivity index (χ1v) is 11.1. The van der Waals surface area contributed by atoms with Crippen LogP contribution in [0.4, 0.5) is 0 Å². The molecule has 0 heterocycles. The molecule has 5 nitrogen and oxygen atoms in total. The average Bonchev–Trinajstić information content (AvgIpc) is 2.73. The zero-order valence-corrected chi connectivity index (χ0v) is 17.0. The van der Waals surface area contributed by atoms with Gasteiger partial charge < -0.3 is 10.5 Å². The van der Waals surface area contributed by atoms with E-state index in [1.54, 1.807) is 19.2 Å². The molecule has 0 aliphatic heterocycles. The maximum Gasteiger partial charge on any atom is 0.240 e. The molecule has 1 unspecified atom stereocenters. The Kier molecular flexibility index (Phi) is 6.54. The number of nitrogens with one attached hydrogen (secondary N) is 1. The van der Waals surface area contributed by atoms with Crippen molar-refractivity contribution in [2.45, 2.75) is 49.1 Å². The van der Waals surface area contributed by atoms with Crippen molar-refractivity contribution in [1.82, 2.24) is 4.72 Å². The van der Waals surface area contributed by atoms with Gasteiger partial charge in [0.2, 0.25) is 10.0 Å². The van der Waals surface area contributed by atoms with E-state index in [4.69, 9.17) is 10.5 Å². The van der Waals surface area contributed by atoms with E-state index in [2.05, 4.69) is 11.3 Å². The molecule has 0 saturated heterocycles. The molecule has 2 aromatic rings. The molecule has 2 aromatic carbocycles. The number of hydrogen-bond donors (Lipinski definition) is 2. The summed E-state index contributed by atoms with van der Waals surface area (Å²) < 4.78 is 33.2. The third-order valence-electron chi connectivity index (χ3n) is 5.30. The predicted octanol–water partition coefficient (Wildman–Crippen LogP) is 4.12. The minimum Gasteiger partial charge on any atom is -0.500 e. The molecular formula is C22H28N2O3S. The maximum atomic E-state index is 12.6. The first-order chi connectivity index (χ1) is 13.4. The van der Waals surface area contributed by atoms with Crippen LogP contribution in [-0.4, -0.2) is 21.6 Å². The van der Waals surface area contributed by atoms with E-state index in [9.17, 15) is 8.42 Å². The van der Waals surface area contributed by atoms with E-state index in [1.165, 1.54) is 6.42 Å². The fourth-order valence-electron chi connectivity index (χ4n) is 3.53. The van der Waals surface area contributed by atoms with Gasteiger partial charge >= 0.3 is 0 Å². The molecule has 1 fully saturated rings. The highest BCUT2D eigenvalue weighted by atomic mass is 32.2. The molecular weight excluding hydrogens is 372 g/mol. The normalized spacial score (nSPS) is 16.5. The van der Waals surface area contributed by atoms with Crippen molar-refractivity contribution < 1.29 is 13.2 Å². The summed E-state index contributed by atoms with van der Waals surface area (Å²) in [5.41, 5.74) is 8.93. The van der Waals surface area contributed by atoms with Gasteiger partial charge in [0.15, 0.2) is 0 Å². The molecule has 1 saturated carbocycles. The first-order valence-electron chi connectivity index (χ1n) is 9.62. The Labute approximate surface area is 167 Å². The molecule has 1 aliphatic rings. The summed E-state index contributed by atoms with van der Waals surface area (Å²) in [6.45, 7) is 3.79. The lowest BCUT2D eigenvalue weighted by atomic mass is 9.96. The van der Waals surface area contributed by atoms with Gasteiger partial charge in [-0.05, 0) is 41.7 Å². The molecule has 0 aromatic heterocycles. The monoisotopic (exact) mass is 400 g/mol.